The molecule has 1 aromatic rings. The van der Waals surface area contributed by atoms with Crippen LogP contribution in [0.5, 0.6) is 0 Å². The van der Waals surface area contributed by atoms with Gasteiger partial charge in [-0.25, -0.2) is 0 Å². The zero-order valence-corrected chi connectivity index (χ0v) is 10.3. The molecule has 0 saturated carbocycles. The number of ketones is 1. The summed E-state index contributed by atoms with van der Waals surface area (Å²) in [5, 5.41) is 0. The summed E-state index contributed by atoms with van der Waals surface area (Å²) in [5.41, 5.74) is 1.21. The lowest BCUT2D eigenvalue weighted by Gasteiger charge is -2.18. The van der Waals surface area contributed by atoms with E-state index in [1.165, 1.54) is 5.56 Å². The zero-order chi connectivity index (χ0) is 10.8. The Hall–Kier alpha value is -0.670. The van der Waals surface area contributed by atoms with E-state index >= 15 is 0 Å². The van der Waals surface area contributed by atoms with E-state index in [1.807, 2.05) is 25.2 Å². The maximum atomic E-state index is 11.6. The molecule has 1 atom stereocenters. The number of hydrogen-bond donors (Lipinski definition) is 0. The number of likely N-dealkylation sites (tertiary alicyclic amines) is 1. The Kier molecular flexibility index (Phi) is 3.22. The third-order valence-electron chi connectivity index (χ3n) is 2.99. The first-order valence-corrected chi connectivity index (χ1v) is 5.94. The molecule has 3 heteroatoms. The fourth-order valence-corrected chi connectivity index (χ4v) is 2.44. The molecule has 80 valence electrons. The smallest absolute Gasteiger partial charge is 0.151 e. The number of carbonyl (C=O) groups excluding carboxylic acids is 1. The molecule has 0 N–H and O–H groups in total. The minimum atomic E-state index is 0.0729. The van der Waals surface area contributed by atoms with Crippen LogP contribution in [0.3, 0.4) is 0 Å². The molecule has 1 heterocycles. The van der Waals surface area contributed by atoms with Crippen molar-refractivity contribution in [3.05, 3.63) is 34.3 Å². The number of hydrogen-bond acceptors (Lipinski definition) is 2. The first kappa shape index (κ1) is 10.8. The maximum absolute atomic E-state index is 11.6. The summed E-state index contributed by atoms with van der Waals surface area (Å²) in [4.78, 5) is 13.8. The van der Waals surface area contributed by atoms with Gasteiger partial charge < -0.3 is 0 Å². The van der Waals surface area contributed by atoms with Crippen LogP contribution in [-0.2, 0) is 11.2 Å². The van der Waals surface area contributed by atoms with Gasteiger partial charge in [-0.15, -0.1) is 0 Å². The quantitative estimate of drug-likeness (QED) is 0.820. The number of benzene rings is 1. The van der Waals surface area contributed by atoms with E-state index in [4.69, 9.17) is 0 Å². The van der Waals surface area contributed by atoms with E-state index in [0.717, 1.165) is 17.4 Å². The highest BCUT2D eigenvalue weighted by molar-refractivity contribution is 9.10. The van der Waals surface area contributed by atoms with Gasteiger partial charge in [-0.1, -0.05) is 34.1 Å². The fraction of sp³-hybridized carbons (Fsp3) is 0.417. The lowest BCUT2D eigenvalue weighted by atomic mass is 10.0. The van der Waals surface area contributed by atoms with Gasteiger partial charge in [-0.3, -0.25) is 9.69 Å². The molecule has 2 rings (SSSR count). The van der Waals surface area contributed by atoms with Crippen molar-refractivity contribution in [2.75, 3.05) is 13.6 Å². The molecule has 1 fully saturated rings. The largest absolute Gasteiger partial charge is 0.298 e. The monoisotopic (exact) mass is 267 g/mol. The molecule has 0 spiro atoms. The predicted molar refractivity (Wildman–Crippen MR) is 63.9 cm³/mol. The molecule has 15 heavy (non-hydrogen) atoms. The van der Waals surface area contributed by atoms with Crippen molar-refractivity contribution in [2.45, 2.75) is 18.9 Å². The number of carbonyl (C=O) groups is 1. The Labute approximate surface area is 98.4 Å². The van der Waals surface area contributed by atoms with Crippen LogP contribution in [0, 0.1) is 0 Å². The van der Waals surface area contributed by atoms with Crippen LogP contribution in [0.1, 0.15) is 12.0 Å². The number of halogens is 1. The number of Topliss-reactive ketones (excluding diaryl/α,β-unsaturated/α-hetero) is 1. The van der Waals surface area contributed by atoms with Crippen LogP contribution in [0.4, 0.5) is 0 Å². The lowest BCUT2D eigenvalue weighted by Crippen LogP contribution is -2.31. The molecule has 0 aromatic heterocycles. The van der Waals surface area contributed by atoms with Gasteiger partial charge in [0, 0.05) is 17.4 Å². The van der Waals surface area contributed by atoms with Gasteiger partial charge in [0.1, 0.15) is 0 Å². The van der Waals surface area contributed by atoms with E-state index in [0.29, 0.717) is 12.2 Å². The molecule has 0 aliphatic carbocycles. The molecule has 1 aromatic carbocycles. The molecule has 1 aliphatic rings. The summed E-state index contributed by atoms with van der Waals surface area (Å²) >= 11 is 3.51. The minimum absolute atomic E-state index is 0.0729. The summed E-state index contributed by atoms with van der Waals surface area (Å²) in [7, 11) is 2.02. The predicted octanol–water partition coefficient (Wildman–Crippen LogP) is 2.26. The standard InChI is InChI=1S/C12H14BrNO/c1-14-7-6-12(15)11(14)8-9-4-2-3-5-10(9)13/h2-5,11H,6-8H2,1H3. The molecule has 1 saturated heterocycles. The van der Waals surface area contributed by atoms with Crippen LogP contribution in [0.15, 0.2) is 28.7 Å². The van der Waals surface area contributed by atoms with Crippen LogP contribution in [0.2, 0.25) is 0 Å². The fourth-order valence-electron chi connectivity index (χ4n) is 2.00. The van der Waals surface area contributed by atoms with E-state index in [-0.39, 0.29) is 6.04 Å². The normalized spacial score (nSPS) is 22.3. The number of nitrogens with zero attached hydrogens (tertiary/aromatic N) is 1. The second-order valence-electron chi connectivity index (χ2n) is 4.01. The summed E-state index contributed by atoms with van der Waals surface area (Å²) in [6.07, 6.45) is 1.52. The van der Waals surface area contributed by atoms with Gasteiger partial charge in [0.15, 0.2) is 5.78 Å². The minimum Gasteiger partial charge on any atom is -0.298 e. The summed E-state index contributed by atoms with van der Waals surface area (Å²) in [5.74, 6) is 0.369. The third kappa shape index (κ3) is 2.29. The van der Waals surface area contributed by atoms with Gasteiger partial charge in [-0.05, 0) is 25.1 Å². The Morgan fingerprint density at radius 3 is 2.80 bits per heavy atom. The van der Waals surface area contributed by atoms with Crippen LogP contribution >= 0.6 is 15.9 Å². The molecule has 0 bridgehead atoms. The maximum Gasteiger partial charge on any atom is 0.151 e. The molecule has 1 aliphatic heterocycles. The van der Waals surface area contributed by atoms with Gasteiger partial charge in [0.2, 0.25) is 0 Å². The summed E-state index contributed by atoms with van der Waals surface area (Å²) in [6.45, 7) is 0.897. The van der Waals surface area contributed by atoms with Crippen molar-refractivity contribution in [3.63, 3.8) is 0 Å². The molecule has 0 amide bonds. The van der Waals surface area contributed by atoms with E-state index in [2.05, 4.69) is 26.9 Å². The second-order valence-corrected chi connectivity index (χ2v) is 4.86. The zero-order valence-electron chi connectivity index (χ0n) is 8.74. The van der Waals surface area contributed by atoms with Crippen molar-refractivity contribution in [1.29, 1.82) is 0 Å². The number of likely N-dealkylation sites (N-methyl/N-ethyl adjacent to an activating group) is 1. The van der Waals surface area contributed by atoms with Gasteiger partial charge in [0.05, 0.1) is 6.04 Å². The third-order valence-corrected chi connectivity index (χ3v) is 3.76. The Balaban J connectivity index is 2.15. The SMILES string of the molecule is CN1CCC(=O)C1Cc1ccccc1Br. The molecule has 0 radical (unpaired) electrons. The second kappa shape index (κ2) is 4.45. The van der Waals surface area contributed by atoms with Crippen molar-refractivity contribution in [1.82, 2.24) is 4.90 Å². The lowest BCUT2D eigenvalue weighted by molar-refractivity contribution is -0.119. The molecule has 2 nitrogen and oxygen atoms in total. The van der Waals surface area contributed by atoms with Crippen molar-refractivity contribution in [2.24, 2.45) is 0 Å². The van der Waals surface area contributed by atoms with Crippen LogP contribution in [-0.4, -0.2) is 30.3 Å². The van der Waals surface area contributed by atoms with Gasteiger partial charge in [-0.2, -0.15) is 0 Å². The Morgan fingerprint density at radius 2 is 2.20 bits per heavy atom. The topological polar surface area (TPSA) is 20.3 Å². The average molecular weight is 268 g/mol. The first-order chi connectivity index (χ1) is 7.18. The van der Waals surface area contributed by atoms with Crippen LogP contribution in [0.25, 0.3) is 0 Å². The molecular formula is C12H14BrNO. The van der Waals surface area contributed by atoms with Gasteiger partial charge in [0.25, 0.3) is 0 Å². The van der Waals surface area contributed by atoms with E-state index < -0.39 is 0 Å². The Morgan fingerprint density at radius 1 is 1.47 bits per heavy atom. The average Bonchev–Trinajstić information content (AvgIpc) is 2.53. The Bertz CT molecular complexity index is 378. The van der Waals surface area contributed by atoms with E-state index in [9.17, 15) is 4.79 Å². The summed E-state index contributed by atoms with van der Waals surface area (Å²) in [6, 6.07) is 8.18. The number of rotatable bonds is 2. The van der Waals surface area contributed by atoms with Crippen molar-refractivity contribution < 1.29 is 4.79 Å². The molecule has 1 unspecified atom stereocenters. The first-order valence-electron chi connectivity index (χ1n) is 5.15. The highest BCUT2D eigenvalue weighted by atomic mass is 79.9. The highest BCUT2D eigenvalue weighted by Gasteiger charge is 2.29. The summed E-state index contributed by atoms with van der Waals surface area (Å²) < 4.78 is 1.10. The highest BCUT2D eigenvalue weighted by Crippen LogP contribution is 2.22. The van der Waals surface area contributed by atoms with Crippen molar-refractivity contribution in [3.8, 4) is 0 Å². The van der Waals surface area contributed by atoms with Gasteiger partial charge >= 0.3 is 0 Å². The van der Waals surface area contributed by atoms with Crippen LogP contribution < -0.4 is 0 Å². The van der Waals surface area contributed by atoms with Crippen molar-refractivity contribution >= 4 is 21.7 Å². The molecular weight excluding hydrogens is 254 g/mol. The van der Waals surface area contributed by atoms with E-state index in [1.54, 1.807) is 0 Å².